The number of pyridine rings is 1. The van der Waals surface area contributed by atoms with Crippen LogP contribution in [-0.2, 0) is 22.7 Å². The Morgan fingerprint density at radius 1 is 1.12 bits per heavy atom. The first-order valence-corrected chi connectivity index (χ1v) is 11.5. The maximum Gasteiger partial charge on any atom is 0.255 e. The number of amides is 3. The Kier molecular flexibility index (Phi) is 5.72. The first-order valence-electron chi connectivity index (χ1n) is 11.5. The fourth-order valence-electron chi connectivity index (χ4n) is 5.10. The molecular weight excluding hydrogens is 418 g/mol. The number of hydrogen-bond acceptors (Lipinski definition) is 6. The Bertz CT molecular complexity index is 1110. The number of likely N-dealkylation sites (tertiary alicyclic amines) is 1. The number of aromatic nitrogens is 1. The number of fused-ring (bicyclic) bond motifs is 1. The predicted octanol–water partition coefficient (Wildman–Crippen LogP) is 1.65. The summed E-state index contributed by atoms with van der Waals surface area (Å²) >= 11 is 0. The minimum Gasteiger partial charge on any atom is -0.322 e. The van der Waals surface area contributed by atoms with Crippen molar-refractivity contribution in [3.63, 3.8) is 0 Å². The third-order valence-electron chi connectivity index (χ3n) is 7.03. The molecule has 1 unspecified atom stereocenters. The summed E-state index contributed by atoms with van der Waals surface area (Å²) in [6, 6.07) is 9.95. The van der Waals surface area contributed by atoms with Crippen LogP contribution in [0.25, 0.3) is 11.3 Å². The molecule has 0 spiro atoms. The Hall–Kier alpha value is -3.10. The molecule has 5 rings (SSSR count). The van der Waals surface area contributed by atoms with E-state index in [0.717, 1.165) is 36.5 Å². The molecule has 8 nitrogen and oxygen atoms in total. The second-order valence-electron chi connectivity index (χ2n) is 9.46. The zero-order valence-electron chi connectivity index (χ0n) is 19.1. The lowest BCUT2D eigenvalue weighted by atomic mass is 10.0. The van der Waals surface area contributed by atoms with Crippen LogP contribution >= 0.6 is 0 Å². The van der Waals surface area contributed by atoms with Gasteiger partial charge in [-0.05, 0) is 62.3 Å². The highest BCUT2D eigenvalue weighted by Crippen LogP contribution is 2.31. The monoisotopic (exact) mass is 447 g/mol. The lowest BCUT2D eigenvalue weighted by Crippen LogP contribution is -2.52. The third-order valence-corrected chi connectivity index (χ3v) is 7.03. The molecule has 3 aliphatic heterocycles. The second kappa shape index (κ2) is 8.68. The highest BCUT2D eigenvalue weighted by Gasteiger charge is 2.39. The number of carbonyl (C=O) groups excluding carboxylic acids is 3. The third kappa shape index (κ3) is 4.28. The van der Waals surface area contributed by atoms with E-state index in [2.05, 4.69) is 46.3 Å². The Morgan fingerprint density at radius 3 is 2.73 bits per heavy atom. The van der Waals surface area contributed by atoms with Gasteiger partial charge in [-0.3, -0.25) is 29.6 Å². The van der Waals surface area contributed by atoms with Crippen molar-refractivity contribution in [2.45, 2.75) is 44.4 Å². The molecule has 172 valence electrons. The Labute approximate surface area is 193 Å². The van der Waals surface area contributed by atoms with Gasteiger partial charge in [0, 0.05) is 56.0 Å². The Morgan fingerprint density at radius 2 is 1.97 bits per heavy atom. The molecular formula is C25H29N5O3. The molecule has 1 N–H and O–H groups in total. The molecule has 2 saturated heterocycles. The molecule has 1 aromatic carbocycles. The zero-order valence-corrected chi connectivity index (χ0v) is 19.1. The SMILES string of the molecule is CN(C)[C@@H]1CCN(Cc2ccnc(-c3ccc4c(c3)CN(C3CCC(=O)NC3=O)C4=O)c2)C1. The van der Waals surface area contributed by atoms with Crippen molar-refractivity contribution in [3.05, 3.63) is 53.2 Å². The average Bonchev–Trinajstić information content (AvgIpc) is 3.39. The van der Waals surface area contributed by atoms with Crippen molar-refractivity contribution in [3.8, 4) is 11.3 Å². The molecule has 0 radical (unpaired) electrons. The summed E-state index contributed by atoms with van der Waals surface area (Å²) in [6.07, 6.45) is 3.66. The summed E-state index contributed by atoms with van der Waals surface area (Å²) in [5.74, 6) is -0.822. The smallest absolute Gasteiger partial charge is 0.255 e. The molecule has 33 heavy (non-hydrogen) atoms. The first kappa shape index (κ1) is 21.7. The number of piperidine rings is 1. The van der Waals surface area contributed by atoms with Gasteiger partial charge in [-0.2, -0.15) is 0 Å². The van der Waals surface area contributed by atoms with E-state index in [4.69, 9.17) is 0 Å². The molecule has 2 aromatic rings. The van der Waals surface area contributed by atoms with E-state index in [-0.39, 0.29) is 24.1 Å². The molecule has 2 fully saturated rings. The number of benzene rings is 1. The van der Waals surface area contributed by atoms with Gasteiger partial charge in [0.05, 0.1) is 5.69 Å². The van der Waals surface area contributed by atoms with Gasteiger partial charge in [0.2, 0.25) is 11.8 Å². The standard InChI is InChI=1S/C25H29N5O3/c1-28(2)19-8-10-29(15-19)13-16-7-9-26-21(11-16)17-3-4-20-18(12-17)14-30(25(20)33)22-5-6-23(31)27-24(22)32/h3-4,7,9,11-12,19,22H,5-6,8,10,13-15H2,1-2H3,(H,27,31,32)/t19-,22?/m1/s1. The maximum absolute atomic E-state index is 12.9. The molecule has 3 amide bonds. The molecule has 8 heteroatoms. The van der Waals surface area contributed by atoms with Crippen molar-refractivity contribution < 1.29 is 14.4 Å². The Balaban J connectivity index is 1.32. The van der Waals surface area contributed by atoms with Gasteiger partial charge in [-0.25, -0.2) is 0 Å². The molecule has 2 atom stereocenters. The van der Waals surface area contributed by atoms with E-state index in [9.17, 15) is 14.4 Å². The van der Waals surface area contributed by atoms with E-state index in [1.807, 2.05) is 24.4 Å². The fraction of sp³-hybridized carbons (Fsp3) is 0.440. The number of imide groups is 1. The summed E-state index contributed by atoms with van der Waals surface area (Å²) in [4.78, 5) is 47.6. The van der Waals surface area contributed by atoms with Gasteiger partial charge >= 0.3 is 0 Å². The van der Waals surface area contributed by atoms with Gasteiger partial charge in [-0.1, -0.05) is 6.07 Å². The van der Waals surface area contributed by atoms with Gasteiger partial charge in [0.15, 0.2) is 0 Å². The van der Waals surface area contributed by atoms with Gasteiger partial charge in [-0.15, -0.1) is 0 Å². The average molecular weight is 448 g/mol. The minimum atomic E-state index is -0.598. The van der Waals surface area contributed by atoms with Crippen LogP contribution in [-0.4, -0.2) is 76.7 Å². The largest absolute Gasteiger partial charge is 0.322 e. The van der Waals surface area contributed by atoms with Crippen LogP contribution in [0.4, 0.5) is 0 Å². The van der Waals surface area contributed by atoms with Crippen LogP contribution in [0.1, 0.15) is 40.7 Å². The lowest BCUT2D eigenvalue weighted by Gasteiger charge is -2.29. The summed E-state index contributed by atoms with van der Waals surface area (Å²) in [5.41, 5.74) is 4.57. The van der Waals surface area contributed by atoms with Gasteiger partial charge in [0.25, 0.3) is 5.91 Å². The van der Waals surface area contributed by atoms with Crippen LogP contribution < -0.4 is 5.32 Å². The molecule has 1 aromatic heterocycles. The van der Waals surface area contributed by atoms with Crippen LogP contribution in [0.2, 0.25) is 0 Å². The highest BCUT2D eigenvalue weighted by atomic mass is 16.2. The number of nitrogens with one attached hydrogen (secondary N) is 1. The summed E-state index contributed by atoms with van der Waals surface area (Å²) in [5, 5.41) is 2.35. The summed E-state index contributed by atoms with van der Waals surface area (Å²) < 4.78 is 0. The van der Waals surface area contributed by atoms with Crippen LogP contribution in [0.5, 0.6) is 0 Å². The normalized spacial score (nSPS) is 23.4. The fourth-order valence-corrected chi connectivity index (χ4v) is 5.10. The van der Waals surface area contributed by atoms with E-state index in [0.29, 0.717) is 24.6 Å². The van der Waals surface area contributed by atoms with E-state index < -0.39 is 6.04 Å². The van der Waals surface area contributed by atoms with Crippen molar-refractivity contribution in [2.24, 2.45) is 0 Å². The van der Waals surface area contributed by atoms with Crippen molar-refractivity contribution in [1.82, 2.24) is 25.0 Å². The molecule has 0 saturated carbocycles. The van der Waals surface area contributed by atoms with Gasteiger partial charge < -0.3 is 9.80 Å². The van der Waals surface area contributed by atoms with Crippen LogP contribution in [0.15, 0.2) is 36.5 Å². The number of carbonyl (C=O) groups is 3. The number of likely N-dealkylation sites (N-methyl/N-ethyl adjacent to an activating group) is 1. The predicted molar refractivity (Wildman–Crippen MR) is 123 cm³/mol. The minimum absolute atomic E-state index is 0.155. The molecule has 0 aliphatic carbocycles. The number of rotatable bonds is 5. The van der Waals surface area contributed by atoms with E-state index in [1.54, 1.807) is 4.90 Å². The number of nitrogens with zero attached hydrogens (tertiary/aromatic N) is 4. The quantitative estimate of drug-likeness (QED) is 0.702. The molecule has 3 aliphatic rings. The topological polar surface area (TPSA) is 85.8 Å². The summed E-state index contributed by atoms with van der Waals surface area (Å²) in [7, 11) is 4.28. The van der Waals surface area contributed by atoms with Crippen molar-refractivity contribution >= 4 is 17.7 Å². The van der Waals surface area contributed by atoms with Crippen LogP contribution in [0, 0.1) is 0 Å². The van der Waals surface area contributed by atoms with Crippen molar-refractivity contribution in [2.75, 3.05) is 27.2 Å². The summed E-state index contributed by atoms with van der Waals surface area (Å²) in [6.45, 7) is 3.43. The van der Waals surface area contributed by atoms with Crippen LogP contribution in [0.3, 0.4) is 0 Å². The van der Waals surface area contributed by atoms with E-state index >= 15 is 0 Å². The first-order chi connectivity index (χ1) is 15.9. The lowest BCUT2D eigenvalue weighted by molar-refractivity contribution is -0.136. The zero-order chi connectivity index (χ0) is 23.1. The highest BCUT2D eigenvalue weighted by molar-refractivity contribution is 6.05. The second-order valence-corrected chi connectivity index (χ2v) is 9.46. The van der Waals surface area contributed by atoms with E-state index in [1.165, 1.54) is 12.0 Å². The maximum atomic E-state index is 12.9. The number of hydrogen-bond donors (Lipinski definition) is 1. The van der Waals surface area contributed by atoms with Crippen molar-refractivity contribution in [1.29, 1.82) is 0 Å². The van der Waals surface area contributed by atoms with Gasteiger partial charge in [0.1, 0.15) is 6.04 Å². The molecule has 0 bridgehead atoms. The molecule has 4 heterocycles.